The fourth-order valence-electron chi connectivity index (χ4n) is 2.54. The average Bonchev–Trinajstić information content (AvgIpc) is 3.13. The Morgan fingerprint density at radius 3 is 3.11 bits per heavy atom. The second kappa shape index (κ2) is 5.06. The summed E-state index contributed by atoms with van der Waals surface area (Å²) in [7, 11) is 0. The zero-order valence-electron chi connectivity index (χ0n) is 10.8. The van der Waals surface area contributed by atoms with Crippen molar-refractivity contribution in [2.24, 2.45) is 5.92 Å². The Bertz CT molecular complexity index is 515. The molecule has 18 heavy (non-hydrogen) atoms. The SMILES string of the molecule is CCNC(CCC1CC1)c1cnn2ccncc12. The van der Waals surface area contributed by atoms with Crippen LogP contribution in [0, 0.1) is 5.92 Å². The molecule has 1 unspecified atom stereocenters. The van der Waals surface area contributed by atoms with E-state index in [1.54, 1.807) is 6.20 Å². The highest BCUT2D eigenvalue weighted by atomic mass is 15.2. The summed E-state index contributed by atoms with van der Waals surface area (Å²) in [5, 5.41) is 7.98. The van der Waals surface area contributed by atoms with Crippen LogP contribution in [-0.2, 0) is 0 Å². The number of hydrogen-bond donors (Lipinski definition) is 1. The quantitative estimate of drug-likeness (QED) is 0.849. The van der Waals surface area contributed by atoms with Crippen LogP contribution in [0.5, 0.6) is 0 Å². The zero-order valence-corrected chi connectivity index (χ0v) is 10.8. The third kappa shape index (κ3) is 2.38. The van der Waals surface area contributed by atoms with Gasteiger partial charge in [-0.05, 0) is 25.3 Å². The molecule has 2 aromatic rings. The molecule has 1 saturated carbocycles. The first-order valence-electron chi connectivity index (χ1n) is 6.89. The van der Waals surface area contributed by atoms with E-state index in [0.29, 0.717) is 6.04 Å². The van der Waals surface area contributed by atoms with Crippen LogP contribution in [-0.4, -0.2) is 21.1 Å². The topological polar surface area (TPSA) is 42.2 Å². The van der Waals surface area contributed by atoms with Gasteiger partial charge in [0.15, 0.2) is 0 Å². The van der Waals surface area contributed by atoms with Gasteiger partial charge in [0.2, 0.25) is 0 Å². The highest BCUT2D eigenvalue weighted by Crippen LogP contribution is 2.36. The maximum atomic E-state index is 4.40. The van der Waals surface area contributed by atoms with E-state index in [-0.39, 0.29) is 0 Å². The fourth-order valence-corrected chi connectivity index (χ4v) is 2.54. The maximum absolute atomic E-state index is 4.40. The second-order valence-corrected chi connectivity index (χ2v) is 5.14. The van der Waals surface area contributed by atoms with Gasteiger partial charge in [-0.1, -0.05) is 19.8 Å². The van der Waals surface area contributed by atoms with Crippen molar-refractivity contribution in [1.29, 1.82) is 0 Å². The monoisotopic (exact) mass is 244 g/mol. The molecule has 0 spiro atoms. The molecular weight excluding hydrogens is 224 g/mol. The van der Waals surface area contributed by atoms with Gasteiger partial charge in [-0.25, -0.2) is 4.52 Å². The highest BCUT2D eigenvalue weighted by Gasteiger charge is 2.24. The fraction of sp³-hybridized carbons (Fsp3) is 0.571. The van der Waals surface area contributed by atoms with Crippen molar-refractivity contribution in [1.82, 2.24) is 19.9 Å². The summed E-state index contributed by atoms with van der Waals surface area (Å²) in [4.78, 5) is 4.21. The van der Waals surface area contributed by atoms with Crippen molar-refractivity contribution < 1.29 is 0 Å². The largest absolute Gasteiger partial charge is 0.310 e. The Hall–Kier alpha value is -1.42. The van der Waals surface area contributed by atoms with Crippen LogP contribution in [0.15, 0.2) is 24.8 Å². The standard InChI is InChI=1S/C14H20N4/c1-2-16-13(6-5-11-3-4-11)12-9-17-18-8-7-15-10-14(12)18/h7-11,13,16H,2-6H2,1H3. The van der Waals surface area contributed by atoms with Crippen LogP contribution in [0.2, 0.25) is 0 Å². The molecule has 0 saturated heterocycles. The molecule has 1 atom stereocenters. The number of rotatable bonds is 6. The molecule has 2 heterocycles. The van der Waals surface area contributed by atoms with Crippen LogP contribution in [0.1, 0.15) is 44.2 Å². The molecule has 0 bridgehead atoms. The molecular formula is C14H20N4. The van der Waals surface area contributed by atoms with Crippen molar-refractivity contribution in [3.63, 3.8) is 0 Å². The van der Waals surface area contributed by atoms with Crippen molar-refractivity contribution in [2.45, 2.75) is 38.6 Å². The molecule has 0 aromatic carbocycles. The van der Waals surface area contributed by atoms with E-state index in [4.69, 9.17) is 0 Å². The lowest BCUT2D eigenvalue weighted by Gasteiger charge is -2.16. The van der Waals surface area contributed by atoms with Gasteiger partial charge in [-0.3, -0.25) is 4.98 Å². The summed E-state index contributed by atoms with van der Waals surface area (Å²) >= 11 is 0. The normalized spacial score (nSPS) is 17.2. The predicted octanol–water partition coefficient (Wildman–Crippen LogP) is 2.57. The van der Waals surface area contributed by atoms with Crippen LogP contribution in [0.25, 0.3) is 5.52 Å². The molecule has 1 fully saturated rings. The molecule has 4 nitrogen and oxygen atoms in total. The van der Waals surface area contributed by atoms with E-state index in [2.05, 4.69) is 22.3 Å². The Labute approximate surface area is 107 Å². The van der Waals surface area contributed by atoms with Gasteiger partial charge in [-0.2, -0.15) is 5.10 Å². The summed E-state index contributed by atoms with van der Waals surface area (Å²) in [5.74, 6) is 0.978. The first-order chi connectivity index (χ1) is 8.88. The van der Waals surface area contributed by atoms with E-state index < -0.39 is 0 Å². The van der Waals surface area contributed by atoms with Crippen molar-refractivity contribution >= 4 is 5.52 Å². The Morgan fingerprint density at radius 2 is 2.33 bits per heavy atom. The second-order valence-electron chi connectivity index (χ2n) is 5.14. The minimum atomic E-state index is 0.414. The van der Waals surface area contributed by atoms with Crippen LogP contribution >= 0.6 is 0 Å². The molecule has 1 aliphatic rings. The molecule has 0 radical (unpaired) electrons. The average molecular weight is 244 g/mol. The molecule has 1 N–H and O–H groups in total. The summed E-state index contributed by atoms with van der Waals surface area (Å²) < 4.78 is 1.91. The van der Waals surface area contributed by atoms with Crippen LogP contribution < -0.4 is 5.32 Å². The van der Waals surface area contributed by atoms with E-state index >= 15 is 0 Å². The summed E-state index contributed by atoms with van der Waals surface area (Å²) in [6, 6.07) is 0.414. The van der Waals surface area contributed by atoms with Gasteiger partial charge in [0.25, 0.3) is 0 Å². The zero-order chi connectivity index (χ0) is 12.4. The number of hydrogen-bond acceptors (Lipinski definition) is 3. The number of nitrogens with zero attached hydrogens (tertiary/aromatic N) is 3. The van der Waals surface area contributed by atoms with Gasteiger partial charge in [-0.15, -0.1) is 0 Å². The number of aromatic nitrogens is 3. The molecule has 96 valence electrons. The van der Waals surface area contributed by atoms with E-state index in [9.17, 15) is 0 Å². The third-order valence-electron chi connectivity index (χ3n) is 3.74. The van der Waals surface area contributed by atoms with E-state index in [0.717, 1.165) is 18.0 Å². The molecule has 3 rings (SSSR count). The van der Waals surface area contributed by atoms with Gasteiger partial charge in [0.05, 0.1) is 17.9 Å². The molecule has 2 aromatic heterocycles. The summed E-state index contributed by atoms with van der Waals surface area (Å²) in [5.41, 5.74) is 2.41. The highest BCUT2D eigenvalue weighted by molar-refractivity contribution is 5.53. The molecule has 0 aliphatic heterocycles. The van der Waals surface area contributed by atoms with Crippen LogP contribution in [0.3, 0.4) is 0 Å². The summed E-state index contributed by atoms with van der Waals surface area (Å²) in [6.07, 6.45) is 13.0. The minimum absolute atomic E-state index is 0.414. The predicted molar refractivity (Wildman–Crippen MR) is 71.4 cm³/mol. The molecule has 1 aliphatic carbocycles. The first-order valence-corrected chi connectivity index (χ1v) is 6.89. The Kier molecular flexibility index (Phi) is 3.28. The molecule has 0 amide bonds. The van der Waals surface area contributed by atoms with Crippen molar-refractivity contribution in [3.05, 3.63) is 30.4 Å². The first kappa shape index (κ1) is 11.7. The maximum Gasteiger partial charge on any atom is 0.0892 e. The summed E-state index contributed by atoms with van der Waals surface area (Å²) in [6.45, 7) is 3.15. The third-order valence-corrected chi connectivity index (χ3v) is 3.74. The lowest BCUT2D eigenvalue weighted by Crippen LogP contribution is -2.20. The lowest BCUT2D eigenvalue weighted by molar-refractivity contribution is 0.484. The Morgan fingerprint density at radius 1 is 1.44 bits per heavy atom. The smallest absolute Gasteiger partial charge is 0.0892 e. The Balaban J connectivity index is 1.82. The van der Waals surface area contributed by atoms with E-state index in [1.165, 1.54) is 31.2 Å². The van der Waals surface area contributed by atoms with Gasteiger partial charge in [0.1, 0.15) is 0 Å². The van der Waals surface area contributed by atoms with Gasteiger partial charge >= 0.3 is 0 Å². The number of fused-ring (bicyclic) bond motifs is 1. The minimum Gasteiger partial charge on any atom is -0.310 e. The van der Waals surface area contributed by atoms with Gasteiger partial charge in [0, 0.05) is 24.0 Å². The van der Waals surface area contributed by atoms with Crippen LogP contribution in [0.4, 0.5) is 0 Å². The van der Waals surface area contributed by atoms with E-state index in [1.807, 2.05) is 23.1 Å². The van der Waals surface area contributed by atoms with Crippen molar-refractivity contribution in [2.75, 3.05) is 6.54 Å². The van der Waals surface area contributed by atoms with Gasteiger partial charge < -0.3 is 5.32 Å². The van der Waals surface area contributed by atoms with Crippen molar-refractivity contribution in [3.8, 4) is 0 Å². The number of nitrogens with one attached hydrogen (secondary N) is 1. The lowest BCUT2D eigenvalue weighted by atomic mass is 10.0. The molecule has 4 heteroatoms.